The Kier molecular flexibility index (Phi) is 4.71. The van der Waals surface area contributed by atoms with Crippen molar-refractivity contribution in [2.75, 3.05) is 6.61 Å². The van der Waals surface area contributed by atoms with E-state index in [0.717, 1.165) is 12.2 Å². The molecule has 3 nitrogen and oxygen atoms in total. The van der Waals surface area contributed by atoms with E-state index in [1.54, 1.807) is 24.3 Å². The first-order valence-electron chi connectivity index (χ1n) is 6.42. The summed E-state index contributed by atoms with van der Waals surface area (Å²) in [5.41, 5.74) is 0.461. The third kappa shape index (κ3) is 3.43. The molecule has 0 aliphatic rings. The Balaban J connectivity index is 2.05. The van der Waals surface area contributed by atoms with Crippen molar-refractivity contribution < 1.29 is 13.9 Å². The first-order chi connectivity index (χ1) is 9.24. The van der Waals surface area contributed by atoms with E-state index >= 15 is 0 Å². The van der Waals surface area contributed by atoms with Crippen LogP contribution in [0.3, 0.4) is 0 Å². The third-order valence-corrected chi connectivity index (χ3v) is 3.08. The summed E-state index contributed by atoms with van der Waals surface area (Å²) in [4.78, 5) is 0. The van der Waals surface area contributed by atoms with Gasteiger partial charge in [0.2, 0.25) is 0 Å². The number of halogens is 1. The van der Waals surface area contributed by atoms with Crippen LogP contribution in [0.5, 0.6) is 0 Å². The molecule has 0 bridgehead atoms. The maximum absolute atomic E-state index is 13.6. The summed E-state index contributed by atoms with van der Waals surface area (Å²) in [6.45, 7) is 2.62. The summed E-state index contributed by atoms with van der Waals surface area (Å²) in [5.74, 6) is 0.954. The van der Waals surface area contributed by atoms with E-state index in [-0.39, 0.29) is 18.5 Å². The smallest absolute Gasteiger partial charge is 0.137 e. The van der Waals surface area contributed by atoms with Crippen LogP contribution in [0.4, 0.5) is 4.39 Å². The van der Waals surface area contributed by atoms with E-state index in [4.69, 9.17) is 9.52 Å². The van der Waals surface area contributed by atoms with Crippen LogP contribution in [0.25, 0.3) is 11.3 Å². The quantitative estimate of drug-likeness (QED) is 0.842. The molecular formula is C15H18FNO2. The molecule has 1 aromatic carbocycles. The van der Waals surface area contributed by atoms with Crippen LogP contribution in [0.1, 0.15) is 19.1 Å². The molecular weight excluding hydrogens is 245 g/mol. The zero-order chi connectivity index (χ0) is 13.7. The van der Waals surface area contributed by atoms with Gasteiger partial charge in [0.25, 0.3) is 0 Å². The first-order valence-corrected chi connectivity index (χ1v) is 6.42. The second-order valence-electron chi connectivity index (χ2n) is 4.41. The lowest BCUT2D eigenvalue weighted by molar-refractivity contribution is 0.235. The van der Waals surface area contributed by atoms with Gasteiger partial charge in [0, 0.05) is 6.04 Å². The largest absolute Gasteiger partial charge is 0.460 e. The molecule has 0 aliphatic carbocycles. The molecule has 2 aromatic rings. The Morgan fingerprint density at radius 2 is 2.05 bits per heavy atom. The van der Waals surface area contributed by atoms with Crippen molar-refractivity contribution in [2.24, 2.45) is 0 Å². The van der Waals surface area contributed by atoms with Crippen LogP contribution >= 0.6 is 0 Å². The highest BCUT2D eigenvalue weighted by Crippen LogP contribution is 2.24. The molecule has 0 aliphatic heterocycles. The van der Waals surface area contributed by atoms with Gasteiger partial charge in [-0.25, -0.2) is 4.39 Å². The van der Waals surface area contributed by atoms with E-state index in [9.17, 15) is 4.39 Å². The molecule has 1 heterocycles. The Hall–Kier alpha value is -1.65. The number of benzene rings is 1. The van der Waals surface area contributed by atoms with E-state index < -0.39 is 0 Å². The van der Waals surface area contributed by atoms with Crippen LogP contribution in [-0.4, -0.2) is 17.8 Å². The Morgan fingerprint density at radius 1 is 1.26 bits per heavy atom. The van der Waals surface area contributed by atoms with Gasteiger partial charge in [-0.2, -0.15) is 0 Å². The van der Waals surface area contributed by atoms with Gasteiger partial charge >= 0.3 is 0 Å². The molecule has 0 spiro atoms. The van der Waals surface area contributed by atoms with Gasteiger partial charge in [0.1, 0.15) is 17.3 Å². The normalized spacial score (nSPS) is 12.6. The summed E-state index contributed by atoms with van der Waals surface area (Å²) in [6, 6.07) is 10.2. The van der Waals surface area contributed by atoms with Crippen molar-refractivity contribution in [3.63, 3.8) is 0 Å². The SMILES string of the molecule is CC[C@H](CO)NCc1ccc(-c2ccccc2F)o1. The molecule has 0 amide bonds. The van der Waals surface area contributed by atoms with Crippen molar-refractivity contribution in [1.82, 2.24) is 5.32 Å². The molecule has 0 radical (unpaired) electrons. The van der Waals surface area contributed by atoms with Gasteiger partial charge < -0.3 is 14.8 Å². The average Bonchev–Trinajstić information content (AvgIpc) is 2.89. The minimum absolute atomic E-state index is 0.0574. The van der Waals surface area contributed by atoms with Crippen molar-refractivity contribution in [1.29, 1.82) is 0 Å². The van der Waals surface area contributed by atoms with E-state index in [0.29, 0.717) is 17.9 Å². The lowest BCUT2D eigenvalue weighted by Gasteiger charge is -2.12. The highest BCUT2D eigenvalue weighted by atomic mass is 19.1. The molecule has 0 unspecified atom stereocenters. The lowest BCUT2D eigenvalue weighted by Crippen LogP contribution is -2.30. The van der Waals surface area contributed by atoms with Gasteiger partial charge in [-0.1, -0.05) is 19.1 Å². The highest BCUT2D eigenvalue weighted by molar-refractivity contribution is 5.58. The summed E-state index contributed by atoms with van der Waals surface area (Å²) >= 11 is 0. The predicted molar refractivity (Wildman–Crippen MR) is 72.1 cm³/mol. The molecule has 1 atom stereocenters. The first kappa shape index (κ1) is 13.8. The number of hydrogen-bond donors (Lipinski definition) is 2. The van der Waals surface area contributed by atoms with E-state index in [1.165, 1.54) is 6.07 Å². The Bertz CT molecular complexity index is 520. The second-order valence-corrected chi connectivity index (χ2v) is 4.41. The number of furan rings is 1. The summed E-state index contributed by atoms with van der Waals surface area (Å²) < 4.78 is 19.2. The summed E-state index contributed by atoms with van der Waals surface area (Å²) in [5, 5.41) is 12.3. The van der Waals surface area contributed by atoms with Gasteiger partial charge in [0.15, 0.2) is 0 Å². The van der Waals surface area contributed by atoms with E-state index in [1.807, 2.05) is 13.0 Å². The fourth-order valence-corrected chi connectivity index (χ4v) is 1.86. The molecule has 2 rings (SSSR count). The molecule has 102 valence electrons. The molecule has 0 fully saturated rings. The van der Waals surface area contributed by atoms with Crippen LogP contribution in [0.15, 0.2) is 40.8 Å². The molecule has 2 N–H and O–H groups in total. The fourth-order valence-electron chi connectivity index (χ4n) is 1.86. The topological polar surface area (TPSA) is 45.4 Å². The van der Waals surface area contributed by atoms with Crippen LogP contribution in [-0.2, 0) is 6.54 Å². The number of aliphatic hydroxyl groups is 1. The maximum atomic E-state index is 13.6. The lowest BCUT2D eigenvalue weighted by atomic mass is 10.1. The maximum Gasteiger partial charge on any atom is 0.137 e. The van der Waals surface area contributed by atoms with Gasteiger partial charge in [0.05, 0.1) is 18.7 Å². The Morgan fingerprint density at radius 3 is 2.74 bits per heavy atom. The minimum Gasteiger partial charge on any atom is -0.460 e. The second kappa shape index (κ2) is 6.50. The highest BCUT2D eigenvalue weighted by Gasteiger charge is 2.10. The molecule has 1 aromatic heterocycles. The fraction of sp³-hybridized carbons (Fsp3) is 0.333. The van der Waals surface area contributed by atoms with Crippen molar-refractivity contribution in [3.8, 4) is 11.3 Å². The third-order valence-electron chi connectivity index (χ3n) is 3.08. The number of nitrogens with one attached hydrogen (secondary N) is 1. The number of aliphatic hydroxyl groups excluding tert-OH is 1. The van der Waals surface area contributed by atoms with Crippen molar-refractivity contribution in [2.45, 2.75) is 25.9 Å². The van der Waals surface area contributed by atoms with Crippen LogP contribution < -0.4 is 5.32 Å². The molecule has 0 saturated heterocycles. The predicted octanol–water partition coefficient (Wildman–Crippen LogP) is 2.95. The average molecular weight is 263 g/mol. The van der Waals surface area contributed by atoms with Crippen LogP contribution in [0.2, 0.25) is 0 Å². The van der Waals surface area contributed by atoms with Crippen molar-refractivity contribution in [3.05, 3.63) is 48.0 Å². The Labute approximate surface area is 112 Å². The summed E-state index contributed by atoms with van der Waals surface area (Å²) in [6.07, 6.45) is 0.845. The van der Waals surface area contributed by atoms with E-state index in [2.05, 4.69) is 5.32 Å². The van der Waals surface area contributed by atoms with Crippen molar-refractivity contribution >= 4 is 0 Å². The molecule has 19 heavy (non-hydrogen) atoms. The van der Waals surface area contributed by atoms with Gasteiger partial charge in [-0.05, 0) is 30.7 Å². The number of rotatable bonds is 6. The zero-order valence-corrected chi connectivity index (χ0v) is 10.9. The van der Waals surface area contributed by atoms with Gasteiger partial charge in [-0.15, -0.1) is 0 Å². The molecule has 4 heteroatoms. The number of hydrogen-bond acceptors (Lipinski definition) is 3. The minimum atomic E-state index is -0.293. The summed E-state index contributed by atoms with van der Waals surface area (Å²) in [7, 11) is 0. The molecule has 0 saturated carbocycles. The standard InChI is InChI=1S/C15H18FNO2/c1-2-11(10-18)17-9-12-7-8-15(19-12)13-5-3-4-6-14(13)16/h3-8,11,17-18H,2,9-10H2,1H3/t11-/m1/s1. The monoisotopic (exact) mass is 263 g/mol. The van der Waals surface area contributed by atoms with Gasteiger partial charge in [-0.3, -0.25) is 0 Å². The zero-order valence-electron chi connectivity index (χ0n) is 10.9. The van der Waals surface area contributed by atoms with Crippen LogP contribution in [0, 0.1) is 5.82 Å².